The van der Waals surface area contributed by atoms with Crippen molar-refractivity contribution in [2.24, 2.45) is 5.73 Å². The minimum Gasteiger partial charge on any atom is -0.324 e. The number of allylic oxidation sites excluding steroid dienone is 1. The van der Waals surface area contributed by atoms with Crippen LogP contribution < -0.4 is 5.73 Å². The summed E-state index contributed by atoms with van der Waals surface area (Å²) in [6.45, 7) is 3.47. The Morgan fingerprint density at radius 1 is 1.39 bits per heavy atom. The van der Waals surface area contributed by atoms with Gasteiger partial charge in [0.15, 0.2) is 0 Å². The maximum atomic E-state index is 13.6. The first-order valence-corrected chi connectivity index (χ1v) is 5.57. The second-order valence-corrected chi connectivity index (χ2v) is 4.24. The molecule has 1 atom stereocenters. The Bertz CT molecular complexity index is 442. The molecule has 6 heteroatoms. The van der Waals surface area contributed by atoms with E-state index in [2.05, 4.69) is 6.58 Å². The smallest absolute Gasteiger partial charge is 0.324 e. The molecule has 18 heavy (non-hydrogen) atoms. The summed E-state index contributed by atoms with van der Waals surface area (Å²) in [5, 5.41) is -0.575. The topological polar surface area (TPSA) is 26.0 Å². The summed E-state index contributed by atoms with van der Waals surface area (Å²) >= 11 is 5.45. The van der Waals surface area contributed by atoms with Crippen LogP contribution in [0.5, 0.6) is 0 Å². The molecule has 1 rings (SSSR count). The van der Waals surface area contributed by atoms with Crippen LogP contribution in [0.1, 0.15) is 30.0 Å². The van der Waals surface area contributed by atoms with E-state index in [1.165, 1.54) is 0 Å². The van der Waals surface area contributed by atoms with Crippen LogP contribution in [0.2, 0.25) is 5.02 Å². The first kappa shape index (κ1) is 15.0. The number of halogens is 5. The van der Waals surface area contributed by atoms with Crippen LogP contribution in [0.3, 0.4) is 0 Å². The average molecular weight is 282 g/mol. The maximum absolute atomic E-state index is 13.6. The van der Waals surface area contributed by atoms with E-state index < -0.39 is 28.6 Å². The van der Waals surface area contributed by atoms with E-state index in [1.54, 1.807) is 6.08 Å². The Kier molecular flexibility index (Phi) is 4.76. The van der Waals surface area contributed by atoms with E-state index in [0.29, 0.717) is 25.0 Å². The number of hydrogen-bond donors (Lipinski definition) is 1. The molecule has 0 fully saturated rings. The SMILES string of the molecule is C=CCC[C@@H](N)c1cc(C(F)(F)F)cc(Cl)c1F. The predicted molar refractivity (Wildman–Crippen MR) is 62.8 cm³/mol. The molecule has 0 aliphatic rings. The highest BCUT2D eigenvalue weighted by Gasteiger charge is 2.32. The third-order valence-corrected chi connectivity index (χ3v) is 2.74. The van der Waals surface area contributed by atoms with Gasteiger partial charge in [0.1, 0.15) is 5.82 Å². The fourth-order valence-corrected chi connectivity index (χ4v) is 1.72. The van der Waals surface area contributed by atoms with Crippen molar-refractivity contribution in [1.29, 1.82) is 0 Å². The molecule has 0 aromatic heterocycles. The number of alkyl halides is 3. The quantitative estimate of drug-likeness (QED) is 0.640. The normalized spacial score (nSPS) is 13.4. The van der Waals surface area contributed by atoms with E-state index in [4.69, 9.17) is 17.3 Å². The first-order chi connectivity index (χ1) is 8.27. The van der Waals surface area contributed by atoms with Gasteiger partial charge in [-0.2, -0.15) is 13.2 Å². The molecule has 0 radical (unpaired) electrons. The molecule has 0 aliphatic carbocycles. The summed E-state index contributed by atoms with van der Waals surface area (Å²) in [4.78, 5) is 0. The van der Waals surface area contributed by atoms with E-state index in [9.17, 15) is 17.6 Å². The Balaban J connectivity index is 3.17. The second kappa shape index (κ2) is 5.71. The van der Waals surface area contributed by atoms with E-state index in [-0.39, 0.29) is 5.56 Å². The molecule has 0 saturated heterocycles. The van der Waals surface area contributed by atoms with Crippen LogP contribution >= 0.6 is 11.6 Å². The molecular weight excluding hydrogens is 270 g/mol. The molecule has 2 N–H and O–H groups in total. The molecular formula is C12H12ClF4N. The molecule has 0 spiro atoms. The van der Waals surface area contributed by atoms with Crippen molar-refractivity contribution in [1.82, 2.24) is 0 Å². The Morgan fingerprint density at radius 3 is 2.50 bits per heavy atom. The van der Waals surface area contributed by atoms with Gasteiger partial charge in [0.05, 0.1) is 10.6 Å². The Morgan fingerprint density at radius 2 is 2.00 bits per heavy atom. The molecule has 0 heterocycles. The van der Waals surface area contributed by atoms with E-state index >= 15 is 0 Å². The first-order valence-electron chi connectivity index (χ1n) is 5.20. The van der Waals surface area contributed by atoms with Crippen molar-refractivity contribution in [3.63, 3.8) is 0 Å². The van der Waals surface area contributed by atoms with Crippen LogP contribution in [0.25, 0.3) is 0 Å². The van der Waals surface area contributed by atoms with Crippen molar-refractivity contribution in [3.8, 4) is 0 Å². The largest absolute Gasteiger partial charge is 0.416 e. The average Bonchev–Trinajstić information content (AvgIpc) is 2.27. The lowest BCUT2D eigenvalue weighted by atomic mass is 9.99. The van der Waals surface area contributed by atoms with Gasteiger partial charge < -0.3 is 5.73 Å². The maximum Gasteiger partial charge on any atom is 0.416 e. The molecule has 1 aromatic rings. The Labute approximate surface area is 107 Å². The molecule has 1 nitrogen and oxygen atoms in total. The van der Waals surface area contributed by atoms with Crippen molar-refractivity contribution in [2.75, 3.05) is 0 Å². The van der Waals surface area contributed by atoms with Crippen molar-refractivity contribution < 1.29 is 17.6 Å². The van der Waals surface area contributed by atoms with Gasteiger partial charge in [-0.3, -0.25) is 0 Å². The Hall–Kier alpha value is -1.07. The molecule has 0 unspecified atom stereocenters. The van der Waals surface area contributed by atoms with Gasteiger partial charge in [-0.15, -0.1) is 6.58 Å². The summed E-state index contributed by atoms with van der Waals surface area (Å²) in [6.07, 6.45) is -2.23. The summed E-state index contributed by atoms with van der Waals surface area (Å²) < 4.78 is 51.3. The van der Waals surface area contributed by atoms with Crippen LogP contribution in [-0.2, 0) is 6.18 Å². The van der Waals surface area contributed by atoms with E-state index in [1.807, 2.05) is 0 Å². The number of benzene rings is 1. The molecule has 1 aromatic carbocycles. The standard InChI is InChI=1S/C12H12ClF4N/c1-2-3-4-10(18)8-5-7(12(15,16)17)6-9(13)11(8)14/h2,5-6,10H,1,3-4,18H2/t10-/m1/s1. The number of nitrogens with two attached hydrogens (primary N) is 1. The predicted octanol–water partition coefficient (Wildman–Crippen LogP) is 4.46. The summed E-state index contributed by atoms with van der Waals surface area (Å²) in [6, 6.07) is 0.415. The molecule has 0 saturated carbocycles. The van der Waals surface area contributed by atoms with Gasteiger partial charge in [0.2, 0.25) is 0 Å². The molecule has 0 bridgehead atoms. The second-order valence-electron chi connectivity index (χ2n) is 3.83. The lowest BCUT2D eigenvalue weighted by Crippen LogP contribution is -2.15. The fraction of sp³-hybridized carbons (Fsp3) is 0.333. The van der Waals surface area contributed by atoms with Crippen LogP contribution in [-0.4, -0.2) is 0 Å². The minimum absolute atomic E-state index is 0.225. The van der Waals surface area contributed by atoms with Crippen LogP contribution in [0, 0.1) is 5.82 Å². The van der Waals surface area contributed by atoms with Crippen molar-refractivity contribution in [2.45, 2.75) is 25.1 Å². The highest BCUT2D eigenvalue weighted by atomic mass is 35.5. The molecule has 0 amide bonds. The summed E-state index contributed by atoms with van der Waals surface area (Å²) in [5.41, 5.74) is 4.42. The fourth-order valence-electron chi connectivity index (χ4n) is 1.50. The van der Waals surface area contributed by atoms with Gasteiger partial charge in [0.25, 0.3) is 0 Å². The van der Waals surface area contributed by atoms with Gasteiger partial charge in [-0.1, -0.05) is 17.7 Å². The third kappa shape index (κ3) is 3.46. The highest BCUT2D eigenvalue weighted by molar-refractivity contribution is 6.30. The van der Waals surface area contributed by atoms with Crippen LogP contribution in [0.15, 0.2) is 24.8 Å². The van der Waals surface area contributed by atoms with Gasteiger partial charge in [-0.05, 0) is 25.0 Å². The number of hydrogen-bond acceptors (Lipinski definition) is 1. The lowest BCUT2D eigenvalue weighted by Gasteiger charge is -2.16. The molecule has 100 valence electrons. The monoisotopic (exact) mass is 281 g/mol. The van der Waals surface area contributed by atoms with Crippen molar-refractivity contribution >= 4 is 11.6 Å². The zero-order valence-electron chi connectivity index (χ0n) is 9.40. The number of rotatable bonds is 4. The molecule has 0 aliphatic heterocycles. The summed E-state index contributed by atoms with van der Waals surface area (Å²) in [5.74, 6) is -0.902. The summed E-state index contributed by atoms with van der Waals surface area (Å²) in [7, 11) is 0. The lowest BCUT2D eigenvalue weighted by molar-refractivity contribution is -0.137. The van der Waals surface area contributed by atoms with Gasteiger partial charge in [-0.25, -0.2) is 4.39 Å². The third-order valence-electron chi connectivity index (χ3n) is 2.46. The van der Waals surface area contributed by atoms with Gasteiger partial charge >= 0.3 is 6.18 Å². The zero-order chi connectivity index (χ0) is 13.9. The minimum atomic E-state index is -4.58. The van der Waals surface area contributed by atoms with Crippen LogP contribution in [0.4, 0.5) is 17.6 Å². The van der Waals surface area contributed by atoms with E-state index in [0.717, 1.165) is 0 Å². The zero-order valence-corrected chi connectivity index (χ0v) is 10.2. The highest BCUT2D eigenvalue weighted by Crippen LogP contribution is 2.35. The van der Waals surface area contributed by atoms with Gasteiger partial charge in [0, 0.05) is 11.6 Å². The van der Waals surface area contributed by atoms with Crippen molar-refractivity contribution in [3.05, 3.63) is 46.8 Å².